The molecule has 3 aromatic carbocycles. The van der Waals surface area contributed by atoms with E-state index >= 15 is 0 Å². The van der Waals surface area contributed by atoms with Crippen molar-refractivity contribution in [1.29, 1.82) is 5.26 Å². The van der Waals surface area contributed by atoms with Gasteiger partial charge >= 0.3 is 0 Å². The molecule has 0 bridgehead atoms. The third-order valence-corrected chi connectivity index (χ3v) is 6.13. The topological polar surface area (TPSA) is 76.2 Å². The summed E-state index contributed by atoms with van der Waals surface area (Å²) in [4.78, 5) is 10.3. The second-order valence-corrected chi connectivity index (χ2v) is 8.85. The number of halogens is 4. The van der Waals surface area contributed by atoms with Crippen molar-refractivity contribution in [2.24, 2.45) is 0 Å². The molecule has 0 aliphatic rings. The number of rotatable bonds is 6. The molecule has 9 heteroatoms. The molecule has 0 fully saturated rings. The minimum absolute atomic E-state index is 0.0324. The van der Waals surface area contributed by atoms with E-state index in [0.29, 0.717) is 35.9 Å². The summed E-state index contributed by atoms with van der Waals surface area (Å²) in [5.74, 6) is 0.595. The quantitative estimate of drug-likeness (QED) is 0.127. The number of non-ortho nitro benzene ring substituents is 1. The zero-order valence-corrected chi connectivity index (χ0v) is 20.3. The van der Waals surface area contributed by atoms with Gasteiger partial charge in [0.05, 0.1) is 35.6 Å². The average molecular weight is 583 g/mol. The highest BCUT2D eigenvalue weighted by Crippen LogP contribution is 2.36. The van der Waals surface area contributed by atoms with Gasteiger partial charge in [0.25, 0.3) is 5.69 Å². The minimum Gasteiger partial charge on any atom is -0.487 e. The van der Waals surface area contributed by atoms with Crippen molar-refractivity contribution in [2.45, 2.75) is 6.61 Å². The van der Waals surface area contributed by atoms with E-state index in [9.17, 15) is 15.4 Å². The molecule has 31 heavy (non-hydrogen) atoms. The van der Waals surface area contributed by atoms with Gasteiger partial charge < -0.3 is 4.74 Å². The van der Waals surface area contributed by atoms with Crippen molar-refractivity contribution in [3.63, 3.8) is 0 Å². The lowest BCUT2D eigenvalue weighted by Crippen LogP contribution is -1.97. The Bertz CT molecular complexity index is 1200. The molecule has 0 spiro atoms. The molecule has 0 aliphatic heterocycles. The zero-order valence-electron chi connectivity index (χ0n) is 15.6. The molecular weight excluding hydrogens is 571 g/mol. The molecule has 3 aromatic rings. The van der Waals surface area contributed by atoms with Crippen LogP contribution in [0.2, 0.25) is 10.0 Å². The van der Waals surface area contributed by atoms with Gasteiger partial charge in [-0.2, -0.15) is 5.26 Å². The number of ether oxygens (including phenoxy) is 1. The van der Waals surface area contributed by atoms with Crippen LogP contribution in [0.1, 0.15) is 16.7 Å². The van der Waals surface area contributed by atoms with Gasteiger partial charge in [0.2, 0.25) is 0 Å². The van der Waals surface area contributed by atoms with E-state index in [0.717, 1.165) is 11.1 Å². The lowest BCUT2D eigenvalue weighted by atomic mass is 10.0. The van der Waals surface area contributed by atoms with Crippen molar-refractivity contribution in [3.8, 4) is 11.8 Å². The predicted octanol–water partition coefficient (Wildman–Crippen LogP) is 8.07. The van der Waals surface area contributed by atoms with Crippen LogP contribution in [-0.4, -0.2) is 4.92 Å². The maximum Gasteiger partial charge on any atom is 0.269 e. The predicted molar refractivity (Wildman–Crippen MR) is 129 cm³/mol. The Morgan fingerprint density at radius 2 is 1.71 bits per heavy atom. The standard InChI is InChI=1S/C22H12Br2Cl2N2O3/c23-18-8-14(7-16(11-27)15-2-4-17(5-3-15)28(29)30)9-19(24)22(18)31-12-13-1-6-20(25)21(26)10-13/h1-10H,12H2/b16-7-. The highest BCUT2D eigenvalue weighted by atomic mass is 79.9. The average Bonchev–Trinajstić information content (AvgIpc) is 2.74. The Kier molecular flexibility index (Phi) is 7.74. The summed E-state index contributed by atoms with van der Waals surface area (Å²) in [5, 5.41) is 21.3. The molecule has 0 amide bonds. The lowest BCUT2D eigenvalue weighted by Gasteiger charge is -2.12. The third kappa shape index (κ3) is 5.86. The normalized spacial score (nSPS) is 11.1. The number of allylic oxidation sites excluding steroid dienone is 1. The molecular formula is C22H12Br2Cl2N2O3. The monoisotopic (exact) mass is 580 g/mol. The van der Waals surface area contributed by atoms with E-state index in [1.807, 2.05) is 18.2 Å². The number of nitrogens with zero attached hydrogens (tertiary/aromatic N) is 2. The van der Waals surface area contributed by atoms with Gasteiger partial charge in [-0.25, -0.2) is 0 Å². The van der Waals surface area contributed by atoms with Crippen molar-refractivity contribution in [1.82, 2.24) is 0 Å². The minimum atomic E-state index is -0.482. The van der Waals surface area contributed by atoms with Gasteiger partial charge in [-0.15, -0.1) is 0 Å². The number of hydrogen-bond donors (Lipinski definition) is 0. The first kappa shape index (κ1) is 23.3. The summed E-state index contributed by atoms with van der Waals surface area (Å²) in [6.45, 7) is 0.287. The molecule has 0 saturated heterocycles. The van der Waals surface area contributed by atoms with E-state index in [-0.39, 0.29) is 12.3 Å². The summed E-state index contributed by atoms with van der Waals surface area (Å²) in [6.07, 6.45) is 1.69. The SMILES string of the molecule is N#C/C(=C/c1cc(Br)c(OCc2ccc(Cl)c(Cl)c2)c(Br)c1)c1ccc([N+](=O)[O-])cc1. The Hall–Kier alpha value is -2.37. The van der Waals surface area contributed by atoms with Crippen LogP contribution in [0.15, 0.2) is 63.5 Å². The van der Waals surface area contributed by atoms with Crippen LogP contribution in [0.4, 0.5) is 5.69 Å². The molecule has 3 rings (SSSR count). The largest absolute Gasteiger partial charge is 0.487 e. The Morgan fingerprint density at radius 3 is 2.26 bits per heavy atom. The number of nitro groups is 1. The molecule has 0 aliphatic carbocycles. The summed E-state index contributed by atoms with van der Waals surface area (Å²) >= 11 is 19.0. The van der Waals surface area contributed by atoms with Gasteiger partial charge in [-0.3, -0.25) is 10.1 Å². The van der Waals surface area contributed by atoms with E-state index < -0.39 is 4.92 Å². The second kappa shape index (κ2) is 10.3. The summed E-state index contributed by atoms with van der Waals surface area (Å²) in [6, 6.07) is 16.9. The molecule has 5 nitrogen and oxygen atoms in total. The summed E-state index contributed by atoms with van der Waals surface area (Å²) in [7, 11) is 0. The first-order valence-electron chi connectivity index (χ1n) is 8.71. The lowest BCUT2D eigenvalue weighted by molar-refractivity contribution is -0.384. The number of nitro benzene ring substituents is 1. The third-order valence-electron chi connectivity index (χ3n) is 4.21. The molecule has 0 aromatic heterocycles. The van der Waals surface area contributed by atoms with Crippen LogP contribution >= 0.6 is 55.1 Å². The van der Waals surface area contributed by atoms with Crippen LogP contribution in [0.25, 0.3) is 11.6 Å². The first-order valence-corrected chi connectivity index (χ1v) is 11.0. The van der Waals surface area contributed by atoms with Gasteiger partial charge in [-0.05, 0) is 91.0 Å². The summed E-state index contributed by atoms with van der Waals surface area (Å²) in [5.41, 5.74) is 2.53. The number of benzene rings is 3. The molecule has 0 radical (unpaired) electrons. The van der Waals surface area contributed by atoms with Crippen LogP contribution in [0.3, 0.4) is 0 Å². The molecule has 0 atom stereocenters. The molecule has 0 heterocycles. The molecule has 0 N–H and O–H groups in total. The number of hydrogen-bond acceptors (Lipinski definition) is 4. The van der Waals surface area contributed by atoms with Gasteiger partial charge in [0.15, 0.2) is 0 Å². The highest BCUT2D eigenvalue weighted by Gasteiger charge is 2.11. The fourth-order valence-corrected chi connectivity index (χ4v) is 4.47. The van der Waals surface area contributed by atoms with E-state index in [1.54, 1.807) is 30.3 Å². The summed E-state index contributed by atoms with van der Waals surface area (Å²) < 4.78 is 7.29. The van der Waals surface area contributed by atoms with Crippen molar-refractivity contribution in [2.75, 3.05) is 0 Å². The highest BCUT2D eigenvalue weighted by molar-refractivity contribution is 9.11. The van der Waals surface area contributed by atoms with Crippen molar-refractivity contribution >= 4 is 72.4 Å². The fourth-order valence-electron chi connectivity index (χ4n) is 2.70. The van der Waals surface area contributed by atoms with Crippen LogP contribution in [0.5, 0.6) is 5.75 Å². The molecule has 0 saturated carbocycles. The Labute approximate surface area is 205 Å². The first-order chi connectivity index (χ1) is 14.8. The maximum atomic E-state index is 10.8. The van der Waals surface area contributed by atoms with Crippen molar-refractivity contribution in [3.05, 3.63) is 100 Å². The Morgan fingerprint density at radius 1 is 1.06 bits per heavy atom. The smallest absolute Gasteiger partial charge is 0.269 e. The zero-order chi connectivity index (χ0) is 22.5. The van der Waals surface area contributed by atoms with E-state index in [1.165, 1.54) is 12.1 Å². The van der Waals surface area contributed by atoms with Crippen LogP contribution in [-0.2, 0) is 6.61 Å². The van der Waals surface area contributed by atoms with E-state index in [4.69, 9.17) is 27.9 Å². The fraction of sp³-hybridized carbons (Fsp3) is 0.0455. The van der Waals surface area contributed by atoms with Crippen LogP contribution < -0.4 is 4.74 Å². The van der Waals surface area contributed by atoms with Gasteiger partial charge in [-0.1, -0.05) is 29.3 Å². The van der Waals surface area contributed by atoms with Gasteiger partial charge in [0, 0.05) is 12.1 Å². The molecule has 156 valence electrons. The Balaban J connectivity index is 1.83. The van der Waals surface area contributed by atoms with Crippen LogP contribution in [0, 0.1) is 21.4 Å². The second-order valence-electron chi connectivity index (χ2n) is 6.32. The van der Waals surface area contributed by atoms with Gasteiger partial charge in [0.1, 0.15) is 12.4 Å². The number of nitriles is 1. The van der Waals surface area contributed by atoms with E-state index in [2.05, 4.69) is 37.9 Å². The maximum absolute atomic E-state index is 10.8. The molecule has 0 unspecified atom stereocenters. The van der Waals surface area contributed by atoms with Crippen molar-refractivity contribution < 1.29 is 9.66 Å².